The SMILES string of the molecule is CC(C)COc1ccc(C2=C(N(C)C3CCN(C)CC3)C(=O)N(CC3CCCO3)C2=O)cc1. The topological polar surface area (TPSA) is 62.3 Å². The summed E-state index contributed by atoms with van der Waals surface area (Å²) in [6, 6.07) is 7.80. The van der Waals surface area contributed by atoms with E-state index in [1.807, 2.05) is 31.3 Å². The van der Waals surface area contributed by atoms with E-state index in [0.717, 1.165) is 50.1 Å². The second kappa shape index (κ2) is 10.3. The molecule has 1 unspecified atom stereocenters. The number of likely N-dealkylation sites (tertiary alicyclic amines) is 1. The third-order valence-electron chi connectivity index (χ3n) is 6.87. The van der Waals surface area contributed by atoms with Crippen molar-refractivity contribution in [3.63, 3.8) is 0 Å². The fourth-order valence-corrected chi connectivity index (χ4v) is 4.85. The van der Waals surface area contributed by atoms with Gasteiger partial charge in [-0.25, -0.2) is 0 Å². The lowest BCUT2D eigenvalue weighted by Gasteiger charge is -2.36. The quantitative estimate of drug-likeness (QED) is 0.562. The Morgan fingerprint density at radius 2 is 1.79 bits per heavy atom. The summed E-state index contributed by atoms with van der Waals surface area (Å²) < 4.78 is 11.6. The highest BCUT2D eigenvalue weighted by Gasteiger charge is 2.43. The fourth-order valence-electron chi connectivity index (χ4n) is 4.85. The molecule has 4 rings (SSSR count). The van der Waals surface area contributed by atoms with Gasteiger partial charge in [-0.3, -0.25) is 14.5 Å². The van der Waals surface area contributed by atoms with Gasteiger partial charge in [-0.05, 0) is 69.4 Å². The number of likely N-dealkylation sites (N-methyl/N-ethyl adjacent to an activating group) is 1. The lowest BCUT2D eigenvalue weighted by molar-refractivity contribution is -0.139. The summed E-state index contributed by atoms with van der Waals surface area (Å²) in [6.45, 7) is 7.84. The van der Waals surface area contributed by atoms with Gasteiger partial charge in [0, 0.05) is 19.7 Å². The third-order valence-corrected chi connectivity index (χ3v) is 6.87. The van der Waals surface area contributed by atoms with Gasteiger partial charge in [0.25, 0.3) is 11.8 Å². The molecular weight excluding hydrogens is 418 g/mol. The van der Waals surface area contributed by atoms with Crippen LogP contribution in [-0.2, 0) is 14.3 Å². The molecule has 0 spiro atoms. The minimum atomic E-state index is -0.221. The number of benzene rings is 1. The number of rotatable bonds is 8. The van der Waals surface area contributed by atoms with Crippen LogP contribution in [0.15, 0.2) is 30.0 Å². The molecule has 2 saturated heterocycles. The summed E-state index contributed by atoms with van der Waals surface area (Å²) in [5.41, 5.74) is 1.77. The molecule has 3 aliphatic heterocycles. The Kier molecular flexibility index (Phi) is 7.39. The van der Waals surface area contributed by atoms with Gasteiger partial charge in [0.05, 0.1) is 24.8 Å². The molecule has 0 aromatic heterocycles. The van der Waals surface area contributed by atoms with Gasteiger partial charge < -0.3 is 19.3 Å². The van der Waals surface area contributed by atoms with Crippen LogP contribution in [0, 0.1) is 5.92 Å². The second-order valence-electron chi connectivity index (χ2n) is 9.95. The summed E-state index contributed by atoms with van der Waals surface area (Å²) in [5.74, 6) is 0.780. The van der Waals surface area contributed by atoms with Crippen molar-refractivity contribution in [3.05, 3.63) is 35.5 Å². The van der Waals surface area contributed by atoms with Gasteiger partial charge >= 0.3 is 0 Å². The van der Waals surface area contributed by atoms with Gasteiger partial charge in [-0.1, -0.05) is 26.0 Å². The molecule has 180 valence electrons. The van der Waals surface area contributed by atoms with Crippen LogP contribution < -0.4 is 4.74 Å². The van der Waals surface area contributed by atoms with E-state index in [1.54, 1.807) is 0 Å². The van der Waals surface area contributed by atoms with E-state index in [2.05, 4.69) is 30.7 Å². The zero-order chi connectivity index (χ0) is 23.5. The van der Waals surface area contributed by atoms with E-state index < -0.39 is 0 Å². The van der Waals surface area contributed by atoms with Crippen molar-refractivity contribution in [3.8, 4) is 5.75 Å². The monoisotopic (exact) mass is 455 g/mol. The molecular formula is C26H37N3O4. The number of hydrogen-bond acceptors (Lipinski definition) is 6. The zero-order valence-electron chi connectivity index (χ0n) is 20.4. The summed E-state index contributed by atoms with van der Waals surface area (Å²) >= 11 is 0. The Labute approximate surface area is 197 Å². The number of carbonyl (C=O) groups excluding carboxylic acids is 2. The maximum Gasteiger partial charge on any atom is 0.277 e. The number of ether oxygens (including phenoxy) is 2. The van der Waals surface area contributed by atoms with Crippen LogP contribution >= 0.6 is 0 Å². The molecule has 7 heteroatoms. The molecule has 7 nitrogen and oxygen atoms in total. The Bertz CT molecular complexity index is 881. The van der Waals surface area contributed by atoms with Crippen molar-refractivity contribution in [2.75, 3.05) is 46.9 Å². The second-order valence-corrected chi connectivity index (χ2v) is 9.95. The fraction of sp³-hybridized carbons (Fsp3) is 0.615. The first-order valence-electron chi connectivity index (χ1n) is 12.2. The first kappa shape index (κ1) is 23.8. The third kappa shape index (κ3) is 5.25. The molecule has 0 saturated carbocycles. The van der Waals surface area contributed by atoms with Crippen LogP contribution in [0.4, 0.5) is 0 Å². The molecule has 2 amide bonds. The van der Waals surface area contributed by atoms with Crippen molar-refractivity contribution in [2.45, 2.75) is 51.7 Å². The molecule has 0 aliphatic carbocycles. The van der Waals surface area contributed by atoms with Crippen LogP contribution in [0.3, 0.4) is 0 Å². The molecule has 0 radical (unpaired) electrons. The minimum absolute atomic E-state index is 0.0704. The summed E-state index contributed by atoms with van der Waals surface area (Å²) in [5, 5.41) is 0. The van der Waals surface area contributed by atoms with Crippen LogP contribution in [0.2, 0.25) is 0 Å². The molecule has 1 atom stereocenters. The molecule has 0 bridgehead atoms. The highest BCUT2D eigenvalue weighted by molar-refractivity contribution is 6.35. The number of nitrogens with zero attached hydrogens (tertiary/aromatic N) is 3. The summed E-state index contributed by atoms with van der Waals surface area (Å²) in [7, 11) is 4.09. The van der Waals surface area contributed by atoms with Crippen LogP contribution in [-0.4, -0.2) is 85.6 Å². The molecule has 3 aliphatic rings. The maximum absolute atomic E-state index is 13.6. The van der Waals surface area contributed by atoms with E-state index in [4.69, 9.17) is 9.47 Å². The highest BCUT2D eigenvalue weighted by Crippen LogP contribution is 2.35. The first-order chi connectivity index (χ1) is 15.8. The summed E-state index contributed by atoms with van der Waals surface area (Å²) in [6.07, 6.45) is 3.73. The van der Waals surface area contributed by atoms with Crippen LogP contribution in [0.25, 0.3) is 5.57 Å². The van der Waals surface area contributed by atoms with Gasteiger partial charge in [0.1, 0.15) is 11.4 Å². The Morgan fingerprint density at radius 3 is 2.39 bits per heavy atom. The van der Waals surface area contributed by atoms with Gasteiger partial charge in [-0.15, -0.1) is 0 Å². The number of piperidine rings is 1. The largest absolute Gasteiger partial charge is 0.493 e. The molecule has 33 heavy (non-hydrogen) atoms. The van der Waals surface area contributed by atoms with E-state index in [1.165, 1.54) is 4.90 Å². The molecule has 3 heterocycles. The van der Waals surface area contributed by atoms with Crippen LogP contribution in [0.5, 0.6) is 5.75 Å². The lowest BCUT2D eigenvalue weighted by Crippen LogP contribution is -2.44. The molecule has 1 aromatic carbocycles. The average molecular weight is 456 g/mol. The highest BCUT2D eigenvalue weighted by atomic mass is 16.5. The molecule has 0 N–H and O–H groups in total. The normalized spacial score (nSPS) is 22.7. The van der Waals surface area contributed by atoms with Crippen LogP contribution in [0.1, 0.15) is 45.1 Å². The Balaban J connectivity index is 1.63. The number of carbonyl (C=O) groups is 2. The Morgan fingerprint density at radius 1 is 1.09 bits per heavy atom. The van der Waals surface area contributed by atoms with Crippen molar-refractivity contribution in [1.29, 1.82) is 0 Å². The summed E-state index contributed by atoms with van der Waals surface area (Å²) in [4.78, 5) is 32.9. The average Bonchev–Trinajstić information content (AvgIpc) is 3.40. The number of hydrogen-bond donors (Lipinski definition) is 0. The van der Waals surface area contributed by atoms with E-state index in [-0.39, 0.29) is 24.0 Å². The smallest absolute Gasteiger partial charge is 0.277 e. The Hall–Kier alpha value is -2.38. The zero-order valence-corrected chi connectivity index (χ0v) is 20.4. The van der Waals surface area contributed by atoms with E-state index in [9.17, 15) is 9.59 Å². The minimum Gasteiger partial charge on any atom is -0.493 e. The molecule has 2 fully saturated rings. The van der Waals surface area contributed by atoms with Gasteiger partial charge in [0.2, 0.25) is 0 Å². The van der Waals surface area contributed by atoms with Crippen molar-refractivity contribution in [1.82, 2.24) is 14.7 Å². The van der Waals surface area contributed by atoms with E-state index >= 15 is 0 Å². The number of imide groups is 1. The molecule has 1 aromatic rings. The maximum atomic E-state index is 13.6. The van der Waals surface area contributed by atoms with Crippen molar-refractivity contribution >= 4 is 17.4 Å². The van der Waals surface area contributed by atoms with Crippen molar-refractivity contribution in [2.24, 2.45) is 5.92 Å². The van der Waals surface area contributed by atoms with Crippen molar-refractivity contribution < 1.29 is 19.1 Å². The predicted molar refractivity (Wildman–Crippen MR) is 128 cm³/mol. The first-order valence-corrected chi connectivity index (χ1v) is 12.2. The lowest BCUT2D eigenvalue weighted by atomic mass is 10.00. The predicted octanol–water partition coefficient (Wildman–Crippen LogP) is 3.01. The van der Waals surface area contributed by atoms with Gasteiger partial charge in [-0.2, -0.15) is 0 Å². The van der Waals surface area contributed by atoms with E-state index in [0.29, 0.717) is 36.9 Å². The number of amides is 2. The standard InChI is InChI=1S/C26H37N3O4/c1-18(2)17-33-21-9-7-19(8-10-21)23-24(28(4)20-11-13-27(3)14-12-20)26(31)29(25(23)30)16-22-6-5-15-32-22/h7-10,18,20,22H,5-6,11-17H2,1-4H3. The van der Waals surface area contributed by atoms with Gasteiger partial charge in [0.15, 0.2) is 0 Å².